The van der Waals surface area contributed by atoms with Crippen LogP contribution in [0.5, 0.6) is 0 Å². The minimum Gasteiger partial charge on any atom is -0.207 e. The molecule has 0 unspecified atom stereocenters. The van der Waals surface area contributed by atoms with Gasteiger partial charge in [0.15, 0.2) is 0 Å². The van der Waals surface area contributed by atoms with Gasteiger partial charge in [0.1, 0.15) is 4.90 Å². The highest BCUT2D eigenvalue weighted by Gasteiger charge is 2.27. The molecule has 1 aromatic carbocycles. The van der Waals surface area contributed by atoms with Crippen LogP contribution in [-0.4, -0.2) is 25.8 Å². The van der Waals surface area contributed by atoms with Gasteiger partial charge in [0.2, 0.25) is 10.0 Å². The Morgan fingerprint density at radius 3 is 2.37 bits per heavy atom. The van der Waals surface area contributed by atoms with Crippen LogP contribution in [0.15, 0.2) is 23.1 Å². The van der Waals surface area contributed by atoms with E-state index in [-0.39, 0.29) is 16.0 Å². The van der Waals surface area contributed by atoms with Crippen molar-refractivity contribution in [3.63, 3.8) is 0 Å². The molecule has 0 aliphatic carbocycles. The van der Waals surface area contributed by atoms with Gasteiger partial charge >= 0.3 is 0 Å². The molecule has 1 aromatic rings. The van der Waals surface area contributed by atoms with Crippen LogP contribution in [0.2, 0.25) is 5.02 Å². The molecule has 0 spiro atoms. The van der Waals surface area contributed by atoms with E-state index in [1.165, 1.54) is 22.5 Å². The average Bonchev–Trinajstić information content (AvgIpc) is 2.39. The normalized spacial score (nSPS) is 11.8. The summed E-state index contributed by atoms with van der Waals surface area (Å²) < 4.78 is 26.3. The van der Waals surface area contributed by atoms with Crippen LogP contribution in [-0.2, 0) is 10.0 Å². The number of halogens is 1. The van der Waals surface area contributed by atoms with Gasteiger partial charge in [0.05, 0.1) is 16.7 Å². The molecule has 0 atom stereocenters. The Morgan fingerprint density at radius 2 is 1.95 bits per heavy atom. The third-order valence-corrected chi connectivity index (χ3v) is 5.57. The Hall–Kier alpha value is -1.09. The van der Waals surface area contributed by atoms with E-state index >= 15 is 0 Å². The van der Waals surface area contributed by atoms with Crippen molar-refractivity contribution < 1.29 is 8.42 Å². The maximum absolute atomic E-state index is 12.5. The van der Waals surface area contributed by atoms with Crippen LogP contribution in [0.25, 0.3) is 0 Å². The summed E-state index contributed by atoms with van der Waals surface area (Å²) in [6, 6.07) is 6.08. The van der Waals surface area contributed by atoms with Crippen molar-refractivity contribution in [2.75, 3.05) is 7.05 Å². The lowest BCUT2D eigenvalue weighted by Gasteiger charge is -2.25. The molecule has 0 amide bonds. The number of rotatable bonds is 5. The smallest absolute Gasteiger partial charge is 0.207 e. The van der Waals surface area contributed by atoms with Crippen molar-refractivity contribution in [3.05, 3.63) is 28.8 Å². The molecule has 1 rings (SSSR count). The van der Waals surface area contributed by atoms with Gasteiger partial charge in [-0.3, -0.25) is 0 Å². The first-order valence-electron chi connectivity index (χ1n) is 6.06. The Morgan fingerprint density at radius 1 is 1.37 bits per heavy atom. The third kappa shape index (κ3) is 3.27. The largest absolute Gasteiger partial charge is 0.244 e. The zero-order valence-corrected chi connectivity index (χ0v) is 12.8. The minimum absolute atomic E-state index is 0.0440. The lowest BCUT2D eigenvalue weighted by Crippen LogP contribution is -2.36. The zero-order valence-electron chi connectivity index (χ0n) is 11.2. The summed E-state index contributed by atoms with van der Waals surface area (Å²) in [5, 5.41) is 8.84. The maximum Gasteiger partial charge on any atom is 0.244 e. The van der Waals surface area contributed by atoms with Gasteiger partial charge in [-0.1, -0.05) is 25.4 Å². The molecule has 0 radical (unpaired) electrons. The van der Waals surface area contributed by atoms with Gasteiger partial charge in [0, 0.05) is 13.1 Å². The van der Waals surface area contributed by atoms with Crippen molar-refractivity contribution in [1.29, 1.82) is 5.26 Å². The summed E-state index contributed by atoms with van der Waals surface area (Å²) in [5.41, 5.74) is 0.342. The molecule has 104 valence electrons. The third-order valence-electron chi connectivity index (χ3n) is 3.17. The summed E-state index contributed by atoms with van der Waals surface area (Å²) in [4.78, 5) is 0.0440. The maximum atomic E-state index is 12.5. The fraction of sp³-hybridized carbons (Fsp3) is 0.462. The summed E-state index contributed by atoms with van der Waals surface area (Å²) in [5.74, 6) is 0. The van der Waals surface area contributed by atoms with Crippen LogP contribution in [0.1, 0.15) is 32.3 Å². The number of hydrogen-bond acceptors (Lipinski definition) is 3. The summed E-state index contributed by atoms with van der Waals surface area (Å²) in [6.45, 7) is 3.89. The topological polar surface area (TPSA) is 61.2 Å². The van der Waals surface area contributed by atoms with Crippen molar-refractivity contribution in [2.45, 2.75) is 37.6 Å². The molecule has 0 saturated carbocycles. The monoisotopic (exact) mass is 300 g/mol. The van der Waals surface area contributed by atoms with Crippen molar-refractivity contribution in [1.82, 2.24) is 4.31 Å². The van der Waals surface area contributed by atoms with E-state index in [1.54, 1.807) is 7.05 Å². The van der Waals surface area contributed by atoms with Crippen LogP contribution >= 0.6 is 11.6 Å². The highest BCUT2D eigenvalue weighted by molar-refractivity contribution is 7.89. The first-order valence-corrected chi connectivity index (χ1v) is 7.87. The van der Waals surface area contributed by atoms with Crippen LogP contribution < -0.4 is 0 Å². The number of benzene rings is 1. The molecule has 6 heteroatoms. The predicted molar refractivity (Wildman–Crippen MR) is 75.5 cm³/mol. The second-order valence-electron chi connectivity index (χ2n) is 4.25. The van der Waals surface area contributed by atoms with E-state index in [1.807, 2.05) is 19.9 Å². The quantitative estimate of drug-likeness (QED) is 0.839. The summed E-state index contributed by atoms with van der Waals surface area (Å²) >= 11 is 5.97. The molecule has 4 nitrogen and oxygen atoms in total. The Kier molecular flexibility index (Phi) is 5.36. The second-order valence-corrected chi connectivity index (χ2v) is 6.62. The molecule has 0 aromatic heterocycles. The van der Waals surface area contributed by atoms with Crippen LogP contribution in [0, 0.1) is 11.3 Å². The van der Waals surface area contributed by atoms with Gasteiger partial charge in [0.25, 0.3) is 0 Å². The van der Waals surface area contributed by atoms with E-state index in [0.29, 0.717) is 5.56 Å². The molecule has 0 aliphatic rings. The Labute approximate surface area is 119 Å². The van der Waals surface area contributed by atoms with Gasteiger partial charge in [-0.25, -0.2) is 8.42 Å². The van der Waals surface area contributed by atoms with E-state index in [0.717, 1.165) is 12.8 Å². The Bertz CT molecular complexity index is 589. The molecule has 0 aliphatic heterocycles. The molecule has 0 saturated heterocycles. The van der Waals surface area contributed by atoms with Gasteiger partial charge in [-0.05, 0) is 31.0 Å². The highest BCUT2D eigenvalue weighted by atomic mass is 35.5. The second kappa shape index (κ2) is 6.38. The molecule has 0 heterocycles. The molecule has 0 bridgehead atoms. The van der Waals surface area contributed by atoms with E-state index in [4.69, 9.17) is 16.9 Å². The molecular formula is C13H17ClN2O2S. The number of nitrogens with zero attached hydrogens (tertiary/aromatic N) is 2. The minimum atomic E-state index is -3.63. The van der Waals surface area contributed by atoms with Gasteiger partial charge in [-0.15, -0.1) is 0 Å². The van der Waals surface area contributed by atoms with Crippen molar-refractivity contribution in [3.8, 4) is 6.07 Å². The van der Waals surface area contributed by atoms with Crippen LogP contribution in [0.4, 0.5) is 0 Å². The summed E-state index contributed by atoms with van der Waals surface area (Å²) in [7, 11) is -2.07. The fourth-order valence-electron chi connectivity index (χ4n) is 1.93. The van der Waals surface area contributed by atoms with E-state index in [9.17, 15) is 8.42 Å². The number of sulfonamides is 1. The number of hydrogen-bond donors (Lipinski definition) is 0. The predicted octanol–water partition coefficient (Wildman–Crippen LogP) is 3.02. The molecule has 19 heavy (non-hydrogen) atoms. The molecule has 0 N–H and O–H groups in total. The standard InChI is InChI=1S/C13H17ClN2O2S/c1-4-11(5-2)16(3)19(17,18)13-7-6-10(9-15)8-12(13)14/h6-8,11H,4-5H2,1-3H3. The van der Waals surface area contributed by atoms with Gasteiger partial charge in [-0.2, -0.15) is 9.57 Å². The first-order chi connectivity index (χ1) is 8.88. The van der Waals surface area contributed by atoms with Crippen LogP contribution in [0.3, 0.4) is 0 Å². The lowest BCUT2D eigenvalue weighted by molar-refractivity contribution is 0.350. The first kappa shape index (κ1) is 16.0. The number of nitriles is 1. The molecule has 0 fully saturated rings. The van der Waals surface area contributed by atoms with E-state index in [2.05, 4.69) is 0 Å². The summed E-state index contributed by atoms with van der Waals surface area (Å²) in [6.07, 6.45) is 1.47. The fourth-order valence-corrected chi connectivity index (χ4v) is 3.95. The highest BCUT2D eigenvalue weighted by Crippen LogP contribution is 2.27. The lowest BCUT2D eigenvalue weighted by atomic mass is 10.2. The van der Waals surface area contributed by atoms with Crippen molar-refractivity contribution >= 4 is 21.6 Å². The SMILES string of the molecule is CCC(CC)N(C)S(=O)(=O)c1ccc(C#N)cc1Cl. The van der Waals surface area contributed by atoms with E-state index < -0.39 is 10.0 Å². The molecular weight excluding hydrogens is 284 g/mol. The van der Waals surface area contributed by atoms with Crippen molar-refractivity contribution in [2.24, 2.45) is 0 Å². The zero-order chi connectivity index (χ0) is 14.6. The average molecular weight is 301 g/mol. The van der Waals surface area contributed by atoms with Gasteiger partial charge < -0.3 is 0 Å². The Balaban J connectivity index is 3.25.